The molecule has 2 aliphatic carbocycles. The molecule has 122 valence electrons. The largest absolute Gasteiger partial charge is 0.496 e. The quantitative estimate of drug-likeness (QED) is 0.847. The molecule has 4 unspecified atom stereocenters. The summed E-state index contributed by atoms with van der Waals surface area (Å²) in [5.74, 6) is 1.05. The SMILES string of the molecule is COc1cccc2c1C(O)C1(O)C=Cc3cc(C)cc4c3C1C2O4. The summed E-state index contributed by atoms with van der Waals surface area (Å²) >= 11 is 0. The Balaban J connectivity index is 1.83. The van der Waals surface area contributed by atoms with Gasteiger partial charge in [-0.15, -0.1) is 0 Å². The molecule has 0 saturated heterocycles. The lowest BCUT2D eigenvalue weighted by Crippen LogP contribution is -2.47. The number of fused-ring (bicyclic) bond motifs is 2. The zero-order valence-corrected chi connectivity index (χ0v) is 13.5. The van der Waals surface area contributed by atoms with Gasteiger partial charge in [-0.25, -0.2) is 0 Å². The van der Waals surface area contributed by atoms with E-state index in [9.17, 15) is 10.2 Å². The lowest BCUT2D eigenvalue weighted by atomic mass is 9.64. The van der Waals surface area contributed by atoms with E-state index >= 15 is 0 Å². The number of methoxy groups -OCH3 is 1. The third-order valence-corrected chi connectivity index (χ3v) is 5.55. The highest BCUT2D eigenvalue weighted by Crippen LogP contribution is 2.63. The summed E-state index contributed by atoms with van der Waals surface area (Å²) in [5, 5.41) is 22.4. The van der Waals surface area contributed by atoms with Crippen molar-refractivity contribution in [3.63, 3.8) is 0 Å². The molecular formula is C20H18O4. The molecule has 0 amide bonds. The first-order valence-electron chi connectivity index (χ1n) is 8.12. The van der Waals surface area contributed by atoms with Crippen molar-refractivity contribution in [2.24, 2.45) is 0 Å². The highest BCUT2D eigenvalue weighted by Gasteiger charge is 2.59. The fraction of sp³-hybridized carbons (Fsp3) is 0.300. The van der Waals surface area contributed by atoms with Crippen molar-refractivity contribution < 1.29 is 19.7 Å². The van der Waals surface area contributed by atoms with Crippen LogP contribution in [0, 0.1) is 6.92 Å². The molecule has 0 fully saturated rings. The van der Waals surface area contributed by atoms with Gasteiger partial charge in [-0.2, -0.15) is 0 Å². The molecule has 3 aliphatic rings. The van der Waals surface area contributed by atoms with E-state index in [2.05, 4.69) is 6.07 Å². The van der Waals surface area contributed by atoms with Crippen molar-refractivity contribution in [3.8, 4) is 11.5 Å². The van der Waals surface area contributed by atoms with Gasteiger partial charge in [0, 0.05) is 16.7 Å². The maximum atomic E-state index is 11.4. The van der Waals surface area contributed by atoms with Crippen LogP contribution in [0.4, 0.5) is 0 Å². The molecule has 2 N–H and O–H groups in total. The van der Waals surface area contributed by atoms with Crippen LogP contribution in [0.2, 0.25) is 0 Å². The lowest BCUT2D eigenvalue weighted by Gasteiger charge is -2.45. The highest BCUT2D eigenvalue weighted by molar-refractivity contribution is 5.70. The average molecular weight is 322 g/mol. The van der Waals surface area contributed by atoms with Crippen LogP contribution in [-0.4, -0.2) is 22.9 Å². The molecule has 0 radical (unpaired) electrons. The second-order valence-electron chi connectivity index (χ2n) is 6.87. The van der Waals surface area contributed by atoms with Crippen molar-refractivity contribution >= 4 is 6.08 Å². The van der Waals surface area contributed by atoms with E-state index in [1.54, 1.807) is 19.3 Å². The molecule has 1 heterocycles. The van der Waals surface area contributed by atoms with Crippen LogP contribution in [0.5, 0.6) is 11.5 Å². The van der Waals surface area contributed by atoms with Gasteiger partial charge in [-0.3, -0.25) is 0 Å². The summed E-state index contributed by atoms with van der Waals surface area (Å²) < 4.78 is 11.7. The van der Waals surface area contributed by atoms with Gasteiger partial charge in [-0.05, 0) is 36.3 Å². The van der Waals surface area contributed by atoms with E-state index in [0.717, 1.165) is 28.0 Å². The minimum Gasteiger partial charge on any atom is -0.496 e. The Hall–Kier alpha value is -2.30. The number of hydrogen-bond acceptors (Lipinski definition) is 4. The normalized spacial score (nSPS) is 31.2. The van der Waals surface area contributed by atoms with Gasteiger partial charge in [0.2, 0.25) is 0 Å². The number of ether oxygens (including phenoxy) is 2. The van der Waals surface area contributed by atoms with Gasteiger partial charge in [0.1, 0.15) is 29.3 Å². The zero-order valence-electron chi connectivity index (χ0n) is 13.5. The number of aliphatic hydroxyl groups is 2. The summed E-state index contributed by atoms with van der Waals surface area (Å²) in [6, 6.07) is 9.74. The Morgan fingerprint density at radius 1 is 1.21 bits per heavy atom. The van der Waals surface area contributed by atoms with Gasteiger partial charge in [0.05, 0.1) is 13.0 Å². The molecule has 4 nitrogen and oxygen atoms in total. The zero-order chi connectivity index (χ0) is 16.6. The predicted molar refractivity (Wildman–Crippen MR) is 89.2 cm³/mol. The predicted octanol–water partition coefficient (Wildman–Crippen LogP) is 3.03. The van der Waals surface area contributed by atoms with Crippen molar-refractivity contribution in [1.29, 1.82) is 0 Å². The molecule has 24 heavy (non-hydrogen) atoms. The van der Waals surface area contributed by atoms with Crippen LogP contribution in [0.1, 0.15) is 45.9 Å². The Morgan fingerprint density at radius 3 is 2.83 bits per heavy atom. The molecule has 2 aromatic carbocycles. The fourth-order valence-corrected chi connectivity index (χ4v) is 4.53. The number of rotatable bonds is 1. The van der Waals surface area contributed by atoms with E-state index in [0.29, 0.717) is 11.3 Å². The Bertz CT molecular complexity index is 901. The molecule has 0 aromatic heterocycles. The second kappa shape index (κ2) is 4.41. The van der Waals surface area contributed by atoms with Crippen molar-refractivity contribution in [3.05, 3.63) is 64.2 Å². The molecule has 4 heteroatoms. The number of hydrogen-bond donors (Lipinski definition) is 2. The standard InChI is InChI=1S/C20H18O4/c1-10-8-11-6-7-20(22)17-15(11)14(9-10)24-18(17)12-4-3-5-13(23-2)16(12)19(20)21/h3-9,17-19,21-22H,1-2H3. The maximum absolute atomic E-state index is 11.4. The van der Waals surface area contributed by atoms with E-state index in [4.69, 9.17) is 9.47 Å². The first-order chi connectivity index (χ1) is 11.5. The van der Waals surface area contributed by atoms with Crippen LogP contribution in [0.3, 0.4) is 0 Å². The maximum Gasteiger partial charge on any atom is 0.134 e. The van der Waals surface area contributed by atoms with Crippen LogP contribution < -0.4 is 9.47 Å². The van der Waals surface area contributed by atoms with Gasteiger partial charge in [-0.1, -0.05) is 24.3 Å². The number of aliphatic hydroxyl groups excluding tert-OH is 1. The van der Waals surface area contributed by atoms with Gasteiger partial charge < -0.3 is 19.7 Å². The molecule has 2 aromatic rings. The second-order valence-corrected chi connectivity index (χ2v) is 6.87. The van der Waals surface area contributed by atoms with Crippen molar-refractivity contribution in [2.45, 2.75) is 30.7 Å². The monoisotopic (exact) mass is 322 g/mol. The minimum atomic E-state index is -1.40. The first kappa shape index (κ1) is 14.1. The summed E-state index contributed by atoms with van der Waals surface area (Å²) in [4.78, 5) is 0. The highest BCUT2D eigenvalue weighted by atomic mass is 16.5. The van der Waals surface area contributed by atoms with Gasteiger partial charge in [0.25, 0.3) is 0 Å². The van der Waals surface area contributed by atoms with E-state index in [1.165, 1.54) is 0 Å². The molecule has 5 rings (SSSR count). The molecule has 0 saturated carbocycles. The molecule has 0 bridgehead atoms. The smallest absolute Gasteiger partial charge is 0.134 e. The molecule has 1 aliphatic heterocycles. The third kappa shape index (κ3) is 1.50. The molecule has 4 atom stereocenters. The Morgan fingerprint density at radius 2 is 2.04 bits per heavy atom. The third-order valence-electron chi connectivity index (χ3n) is 5.55. The minimum absolute atomic E-state index is 0.317. The van der Waals surface area contributed by atoms with E-state index < -0.39 is 11.7 Å². The van der Waals surface area contributed by atoms with Crippen LogP contribution in [0.25, 0.3) is 6.08 Å². The van der Waals surface area contributed by atoms with E-state index in [1.807, 2.05) is 31.2 Å². The topological polar surface area (TPSA) is 58.9 Å². The van der Waals surface area contributed by atoms with Gasteiger partial charge >= 0.3 is 0 Å². The van der Waals surface area contributed by atoms with Crippen molar-refractivity contribution in [1.82, 2.24) is 0 Å². The fourth-order valence-electron chi connectivity index (χ4n) is 4.53. The Kier molecular flexibility index (Phi) is 2.58. The lowest BCUT2D eigenvalue weighted by molar-refractivity contribution is -0.0881. The van der Waals surface area contributed by atoms with Crippen LogP contribution in [-0.2, 0) is 0 Å². The summed E-state index contributed by atoms with van der Waals surface area (Å²) in [7, 11) is 1.57. The van der Waals surface area contributed by atoms with Crippen LogP contribution in [0.15, 0.2) is 36.4 Å². The number of aryl methyl sites for hydroxylation is 1. The van der Waals surface area contributed by atoms with Crippen LogP contribution >= 0.6 is 0 Å². The van der Waals surface area contributed by atoms with Gasteiger partial charge in [0.15, 0.2) is 0 Å². The Labute approximate surface area is 140 Å². The van der Waals surface area contributed by atoms with E-state index in [-0.39, 0.29) is 12.0 Å². The summed E-state index contributed by atoms with van der Waals surface area (Å²) in [6.45, 7) is 2.03. The summed E-state index contributed by atoms with van der Waals surface area (Å²) in [5.41, 5.74) is 3.25. The summed E-state index contributed by atoms with van der Waals surface area (Å²) in [6.07, 6.45) is 2.21. The molecular weight excluding hydrogens is 304 g/mol. The first-order valence-corrected chi connectivity index (χ1v) is 8.12. The van der Waals surface area contributed by atoms with Crippen molar-refractivity contribution in [2.75, 3.05) is 7.11 Å². The molecule has 0 spiro atoms. The average Bonchev–Trinajstić information content (AvgIpc) is 2.97. The number of benzene rings is 2.